The summed E-state index contributed by atoms with van der Waals surface area (Å²) < 4.78 is 5.30. The number of nitrogens with two attached hydrogens (primary N) is 1. The molecule has 0 bridgehead atoms. The molecule has 2 rings (SSSR count). The minimum atomic E-state index is 0.177. The Kier molecular flexibility index (Phi) is 3.53. The van der Waals surface area contributed by atoms with Gasteiger partial charge in [0.25, 0.3) is 0 Å². The Morgan fingerprint density at radius 3 is 2.78 bits per heavy atom. The summed E-state index contributed by atoms with van der Waals surface area (Å²) in [6.07, 6.45) is 1.48. The lowest BCUT2D eigenvalue weighted by molar-refractivity contribution is 0.415. The summed E-state index contributed by atoms with van der Waals surface area (Å²) in [7, 11) is 3.45. The zero-order valence-corrected chi connectivity index (χ0v) is 10.8. The van der Waals surface area contributed by atoms with E-state index in [2.05, 4.69) is 9.97 Å². The molecule has 0 atom stereocenters. The second kappa shape index (κ2) is 5.10. The fourth-order valence-corrected chi connectivity index (χ4v) is 1.85. The molecule has 2 N–H and O–H groups in total. The zero-order valence-electron chi connectivity index (χ0n) is 10.1. The Labute approximate surface area is 110 Å². The number of para-hydroxylation sites is 2. The number of aromatic nitrogens is 2. The Bertz CT molecular complexity index is 562. The summed E-state index contributed by atoms with van der Waals surface area (Å²) in [4.78, 5) is 9.77. The van der Waals surface area contributed by atoms with E-state index in [0.29, 0.717) is 10.8 Å². The molecule has 0 aliphatic heterocycles. The third-order valence-electron chi connectivity index (χ3n) is 2.51. The van der Waals surface area contributed by atoms with Crippen LogP contribution in [0.1, 0.15) is 0 Å². The van der Waals surface area contributed by atoms with E-state index in [1.807, 2.05) is 31.3 Å². The quantitative estimate of drug-likeness (QED) is 0.923. The zero-order chi connectivity index (χ0) is 13.1. The van der Waals surface area contributed by atoms with Gasteiger partial charge in [0, 0.05) is 7.05 Å². The van der Waals surface area contributed by atoms with Crippen LogP contribution in [0, 0.1) is 0 Å². The van der Waals surface area contributed by atoms with Gasteiger partial charge in [0.05, 0.1) is 19.0 Å². The predicted molar refractivity (Wildman–Crippen MR) is 72.5 cm³/mol. The molecule has 0 amide bonds. The fourth-order valence-electron chi connectivity index (χ4n) is 1.63. The average molecular weight is 265 g/mol. The summed E-state index contributed by atoms with van der Waals surface area (Å²) >= 11 is 6.07. The van der Waals surface area contributed by atoms with Crippen molar-refractivity contribution in [2.45, 2.75) is 0 Å². The van der Waals surface area contributed by atoms with Gasteiger partial charge in [-0.05, 0) is 12.1 Å². The lowest BCUT2D eigenvalue weighted by Crippen LogP contribution is -2.14. The number of halogens is 1. The number of methoxy groups -OCH3 is 1. The molecule has 1 aromatic heterocycles. The van der Waals surface area contributed by atoms with E-state index >= 15 is 0 Å². The first-order valence-electron chi connectivity index (χ1n) is 5.28. The highest BCUT2D eigenvalue weighted by Crippen LogP contribution is 2.34. The van der Waals surface area contributed by atoms with Gasteiger partial charge in [-0.15, -0.1) is 0 Å². The molecule has 1 aromatic carbocycles. The van der Waals surface area contributed by atoms with E-state index in [1.54, 1.807) is 12.0 Å². The van der Waals surface area contributed by atoms with Gasteiger partial charge in [-0.25, -0.2) is 4.98 Å². The number of rotatable bonds is 3. The van der Waals surface area contributed by atoms with E-state index in [-0.39, 0.29) is 5.95 Å². The molecule has 1 heterocycles. The molecule has 6 heteroatoms. The van der Waals surface area contributed by atoms with E-state index in [0.717, 1.165) is 11.4 Å². The van der Waals surface area contributed by atoms with Crippen LogP contribution in [0.15, 0.2) is 30.5 Å². The van der Waals surface area contributed by atoms with Crippen LogP contribution in [0.25, 0.3) is 0 Å². The van der Waals surface area contributed by atoms with Gasteiger partial charge in [-0.3, -0.25) is 0 Å². The normalized spacial score (nSPS) is 10.2. The second-order valence-corrected chi connectivity index (χ2v) is 4.04. The summed E-state index contributed by atoms with van der Waals surface area (Å²) in [5.74, 6) is 1.44. The third kappa shape index (κ3) is 2.31. The molecule has 0 spiro atoms. The van der Waals surface area contributed by atoms with Crippen molar-refractivity contribution in [3.63, 3.8) is 0 Å². The van der Waals surface area contributed by atoms with Crippen molar-refractivity contribution >= 4 is 29.1 Å². The average Bonchev–Trinajstić information content (AvgIpc) is 2.40. The maximum Gasteiger partial charge on any atom is 0.222 e. The van der Waals surface area contributed by atoms with Crippen LogP contribution in [-0.2, 0) is 0 Å². The van der Waals surface area contributed by atoms with E-state index in [1.165, 1.54) is 6.20 Å². The maximum absolute atomic E-state index is 6.07. The topological polar surface area (TPSA) is 64.3 Å². The fraction of sp³-hybridized carbons (Fsp3) is 0.167. The highest BCUT2D eigenvalue weighted by atomic mass is 35.5. The van der Waals surface area contributed by atoms with Crippen molar-refractivity contribution in [1.82, 2.24) is 9.97 Å². The molecule has 0 saturated heterocycles. The molecule has 0 radical (unpaired) electrons. The first-order valence-corrected chi connectivity index (χ1v) is 5.66. The molecule has 18 heavy (non-hydrogen) atoms. The van der Waals surface area contributed by atoms with Crippen molar-refractivity contribution < 1.29 is 4.74 Å². The molecule has 0 aliphatic carbocycles. The van der Waals surface area contributed by atoms with Crippen molar-refractivity contribution in [2.75, 3.05) is 24.8 Å². The minimum Gasteiger partial charge on any atom is -0.495 e. The van der Waals surface area contributed by atoms with Crippen molar-refractivity contribution in [3.05, 3.63) is 35.5 Å². The van der Waals surface area contributed by atoms with Gasteiger partial charge in [0.15, 0.2) is 5.82 Å². The lowest BCUT2D eigenvalue weighted by atomic mass is 10.2. The first kappa shape index (κ1) is 12.4. The van der Waals surface area contributed by atoms with Crippen LogP contribution in [0.4, 0.5) is 17.5 Å². The number of anilines is 3. The number of nitrogen functional groups attached to an aromatic ring is 1. The molecule has 5 nitrogen and oxygen atoms in total. The van der Waals surface area contributed by atoms with E-state index in [4.69, 9.17) is 22.1 Å². The van der Waals surface area contributed by atoms with Gasteiger partial charge in [0.1, 0.15) is 10.8 Å². The molecule has 0 unspecified atom stereocenters. The van der Waals surface area contributed by atoms with Crippen molar-refractivity contribution in [1.29, 1.82) is 0 Å². The van der Waals surface area contributed by atoms with Crippen LogP contribution in [0.3, 0.4) is 0 Å². The Morgan fingerprint density at radius 2 is 2.06 bits per heavy atom. The van der Waals surface area contributed by atoms with Crippen molar-refractivity contribution in [3.8, 4) is 5.75 Å². The highest BCUT2D eigenvalue weighted by Gasteiger charge is 2.14. The smallest absolute Gasteiger partial charge is 0.222 e. The van der Waals surface area contributed by atoms with Gasteiger partial charge < -0.3 is 15.4 Å². The molecule has 0 fully saturated rings. The standard InChI is InChI=1S/C12H13ClN4O/c1-17(9-5-3-4-6-10(9)18-2)11-8(13)7-15-12(14)16-11/h3-7H,1-2H3,(H2,14,15,16). The van der Waals surface area contributed by atoms with E-state index in [9.17, 15) is 0 Å². The molecule has 94 valence electrons. The predicted octanol–water partition coefficient (Wildman–Crippen LogP) is 2.49. The number of benzene rings is 1. The van der Waals surface area contributed by atoms with Crippen LogP contribution < -0.4 is 15.4 Å². The second-order valence-electron chi connectivity index (χ2n) is 3.63. The lowest BCUT2D eigenvalue weighted by Gasteiger charge is -2.21. The summed E-state index contributed by atoms with van der Waals surface area (Å²) in [5, 5.41) is 0.428. The third-order valence-corrected chi connectivity index (χ3v) is 2.78. The van der Waals surface area contributed by atoms with Crippen LogP contribution in [0.2, 0.25) is 5.02 Å². The summed E-state index contributed by atoms with van der Waals surface area (Å²) in [6, 6.07) is 7.58. The molecule has 0 saturated carbocycles. The monoisotopic (exact) mass is 264 g/mol. The maximum atomic E-state index is 6.07. The molecule has 2 aromatic rings. The van der Waals surface area contributed by atoms with E-state index < -0.39 is 0 Å². The summed E-state index contributed by atoms with van der Waals surface area (Å²) in [6.45, 7) is 0. The van der Waals surface area contributed by atoms with Gasteiger partial charge in [-0.2, -0.15) is 4.98 Å². The Morgan fingerprint density at radius 1 is 1.33 bits per heavy atom. The SMILES string of the molecule is COc1ccccc1N(C)c1nc(N)ncc1Cl. The number of hydrogen-bond acceptors (Lipinski definition) is 5. The largest absolute Gasteiger partial charge is 0.495 e. The summed E-state index contributed by atoms with van der Waals surface area (Å²) in [5.41, 5.74) is 6.42. The number of hydrogen-bond donors (Lipinski definition) is 1. The highest BCUT2D eigenvalue weighted by molar-refractivity contribution is 6.33. The number of ether oxygens (including phenoxy) is 1. The molecular formula is C12H13ClN4O. The first-order chi connectivity index (χ1) is 8.63. The van der Waals surface area contributed by atoms with Crippen LogP contribution in [0.5, 0.6) is 5.75 Å². The Balaban J connectivity index is 2.47. The van der Waals surface area contributed by atoms with Crippen molar-refractivity contribution in [2.24, 2.45) is 0 Å². The molecule has 0 aliphatic rings. The molecular weight excluding hydrogens is 252 g/mol. The van der Waals surface area contributed by atoms with Gasteiger partial charge >= 0.3 is 0 Å². The number of nitrogens with zero attached hydrogens (tertiary/aromatic N) is 3. The minimum absolute atomic E-state index is 0.177. The van der Waals surface area contributed by atoms with Gasteiger partial charge in [-0.1, -0.05) is 23.7 Å². The van der Waals surface area contributed by atoms with Crippen LogP contribution in [-0.4, -0.2) is 24.1 Å². The van der Waals surface area contributed by atoms with Gasteiger partial charge in [0.2, 0.25) is 5.95 Å². The Hall–Kier alpha value is -2.01. The van der Waals surface area contributed by atoms with Crippen LogP contribution >= 0.6 is 11.6 Å².